The molecule has 1 saturated heterocycles. The summed E-state index contributed by atoms with van der Waals surface area (Å²) in [6, 6.07) is 1.91. The molecule has 2 heterocycles. The molecule has 0 amide bonds. The smallest absolute Gasteiger partial charge is 0.266 e. The molecule has 6 nitrogen and oxygen atoms in total. The number of piperidine rings is 1. The quantitative estimate of drug-likeness (QED) is 0.835. The normalized spacial score (nSPS) is 17.8. The molecule has 2 rings (SSSR count). The van der Waals surface area contributed by atoms with Gasteiger partial charge in [0.1, 0.15) is 0 Å². The van der Waals surface area contributed by atoms with Gasteiger partial charge in [0.05, 0.1) is 25.0 Å². The summed E-state index contributed by atoms with van der Waals surface area (Å²) in [5.74, 6) is 0.997. The zero-order valence-electron chi connectivity index (χ0n) is 9.67. The molecule has 92 valence electrons. The van der Waals surface area contributed by atoms with Crippen molar-refractivity contribution in [1.29, 1.82) is 5.26 Å². The van der Waals surface area contributed by atoms with Gasteiger partial charge in [0.15, 0.2) is 0 Å². The molecule has 0 aliphatic carbocycles. The maximum absolute atomic E-state index is 9.46. The first kappa shape index (κ1) is 11.9. The minimum atomic E-state index is -0.727. The van der Waals surface area contributed by atoms with E-state index in [1.54, 1.807) is 0 Å². The fourth-order valence-corrected chi connectivity index (χ4v) is 1.93. The first-order chi connectivity index (χ1) is 8.29. The molecule has 0 radical (unpaired) electrons. The molecular formula is C11H16N4O2. The minimum Gasteiger partial charge on any atom is -0.392 e. The summed E-state index contributed by atoms with van der Waals surface area (Å²) in [5, 5.41) is 21.8. The van der Waals surface area contributed by atoms with Crippen molar-refractivity contribution in [3.8, 4) is 6.07 Å². The van der Waals surface area contributed by atoms with Crippen LogP contribution in [0.1, 0.15) is 31.6 Å². The standard InChI is InChI=1S/C11H16N4O2/c12-5-4-9(16)8-10-13-11(14-17-10)15-6-2-1-3-7-15/h9,16H,1-4,6-8H2. The summed E-state index contributed by atoms with van der Waals surface area (Å²) in [6.07, 6.45) is 3.16. The molecule has 1 aliphatic heterocycles. The fourth-order valence-electron chi connectivity index (χ4n) is 1.93. The van der Waals surface area contributed by atoms with E-state index in [4.69, 9.17) is 9.78 Å². The van der Waals surface area contributed by atoms with Gasteiger partial charge in [-0.15, -0.1) is 0 Å². The molecular weight excluding hydrogens is 220 g/mol. The Kier molecular flexibility index (Phi) is 3.94. The number of aliphatic hydroxyl groups excluding tert-OH is 1. The first-order valence-corrected chi connectivity index (χ1v) is 5.92. The fraction of sp³-hybridized carbons (Fsp3) is 0.727. The number of aromatic nitrogens is 2. The van der Waals surface area contributed by atoms with Crippen molar-refractivity contribution in [3.63, 3.8) is 0 Å². The van der Waals surface area contributed by atoms with Crippen LogP contribution in [0, 0.1) is 11.3 Å². The Morgan fingerprint density at radius 1 is 1.41 bits per heavy atom. The zero-order valence-corrected chi connectivity index (χ0v) is 9.67. The van der Waals surface area contributed by atoms with Crippen molar-refractivity contribution in [1.82, 2.24) is 10.1 Å². The van der Waals surface area contributed by atoms with Gasteiger partial charge in [-0.1, -0.05) is 0 Å². The van der Waals surface area contributed by atoms with E-state index in [9.17, 15) is 5.11 Å². The lowest BCUT2D eigenvalue weighted by Crippen LogP contribution is -2.30. The second-order valence-corrected chi connectivity index (χ2v) is 4.26. The van der Waals surface area contributed by atoms with Crippen molar-refractivity contribution < 1.29 is 9.63 Å². The van der Waals surface area contributed by atoms with E-state index < -0.39 is 6.10 Å². The molecule has 0 spiro atoms. The molecule has 1 aromatic rings. The number of anilines is 1. The maximum Gasteiger partial charge on any atom is 0.266 e. The highest BCUT2D eigenvalue weighted by atomic mass is 16.5. The first-order valence-electron chi connectivity index (χ1n) is 5.92. The Hall–Kier alpha value is -1.61. The van der Waals surface area contributed by atoms with E-state index in [1.807, 2.05) is 6.07 Å². The van der Waals surface area contributed by atoms with Crippen LogP contribution < -0.4 is 4.90 Å². The van der Waals surface area contributed by atoms with Crippen LogP contribution in [0.5, 0.6) is 0 Å². The predicted octanol–water partition coefficient (Wildman–Crippen LogP) is 0.877. The molecule has 1 N–H and O–H groups in total. The van der Waals surface area contributed by atoms with Crippen LogP contribution in [0.25, 0.3) is 0 Å². The van der Waals surface area contributed by atoms with E-state index in [0.717, 1.165) is 25.9 Å². The Balaban J connectivity index is 1.93. The highest BCUT2D eigenvalue weighted by molar-refractivity contribution is 5.28. The SMILES string of the molecule is N#CCC(O)Cc1nc(N2CCCCC2)no1. The van der Waals surface area contributed by atoms with Crippen LogP contribution in [0.3, 0.4) is 0 Å². The van der Waals surface area contributed by atoms with Gasteiger partial charge in [0, 0.05) is 13.1 Å². The van der Waals surface area contributed by atoms with Crippen molar-refractivity contribution in [2.24, 2.45) is 0 Å². The van der Waals surface area contributed by atoms with Crippen molar-refractivity contribution >= 4 is 5.95 Å². The molecule has 1 unspecified atom stereocenters. The van der Waals surface area contributed by atoms with Crippen LogP contribution in [0.15, 0.2) is 4.52 Å². The number of nitrogens with zero attached hydrogens (tertiary/aromatic N) is 4. The lowest BCUT2D eigenvalue weighted by atomic mass is 10.1. The van der Waals surface area contributed by atoms with E-state index in [0.29, 0.717) is 11.8 Å². The van der Waals surface area contributed by atoms with Crippen molar-refractivity contribution in [2.75, 3.05) is 18.0 Å². The highest BCUT2D eigenvalue weighted by Gasteiger charge is 2.18. The van der Waals surface area contributed by atoms with Gasteiger partial charge in [-0.25, -0.2) is 0 Å². The number of aliphatic hydroxyl groups is 1. The molecule has 1 fully saturated rings. The number of hydrogen-bond acceptors (Lipinski definition) is 6. The predicted molar refractivity (Wildman–Crippen MR) is 60.3 cm³/mol. The van der Waals surface area contributed by atoms with Crippen LogP contribution in [-0.4, -0.2) is 34.4 Å². The maximum atomic E-state index is 9.46. The summed E-state index contributed by atoms with van der Waals surface area (Å²) in [7, 11) is 0. The molecule has 0 saturated carbocycles. The van der Waals surface area contributed by atoms with Crippen LogP contribution in [0.4, 0.5) is 5.95 Å². The average molecular weight is 236 g/mol. The molecule has 1 aliphatic rings. The van der Waals surface area contributed by atoms with Gasteiger partial charge in [0.25, 0.3) is 5.95 Å². The Morgan fingerprint density at radius 3 is 2.88 bits per heavy atom. The van der Waals surface area contributed by atoms with Crippen LogP contribution >= 0.6 is 0 Å². The third-order valence-electron chi connectivity index (χ3n) is 2.83. The van der Waals surface area contributed by atoms with E-state index in [-0.39, 0.29) is 12.8 Å². The van der Waals surface area contributed by atoms with E-state index in [1.165, 1.54) is 6.42 Å². The Morgan fingerprint density at radius 2 is 2.18 bits per heavy atom. The van der Waals surface area contributed by atoms with Crippen LogP contribution in [0.2, 0.25) is 0 Å². The monoisotopic (exact) mass is 236 g/mol. The summed E-state index contributed by atoms with van der Waals surface area (Å²) in [4.78, 5) is 6.33. The van der Waals surface area contributed by atoms with E-state index in [2.05, 4.69) is 15.0 Å². The summed E-state index contributed by atoms with van der Waals surface area (Å²) in [5.41, 5.74) is 0. The zero-order chi connectivity index (χ0) is 12.1. The average Bonchev–Trinajstić information content (AvgIpc) is 2.79. The van der Waals surface area contributed by atoms with Gasteiger partial charge >= 0.3 is 0 Å². The third kappa shape index (κ3) is 3.17. The van der Waals surface area contributed by atoms with E-state index >= 15 is 0 Å². The largest absolute Gasteiger partial charge is 0.392 e. The summed E-state index contributed by atoms with van der Waals surface area (Å²) < 4.78 is 5.06. The number of rotatable bonds is 4. The third-order valence-corrected chi connectivity index (χ3v) is 2.83. The summed E-state index contributed by atoms with van der Waals surface area (Å²) >= 11 is 0. The van der Waals surface area contributed by atoms with Crippen LogP contribution in [-0.2, 0) is 6.42 Å². The van der Waals surface area contributed by atoms with Gasteiger partial charge in [-0.3, -0.25) is 0 Å². The van der Waals surface area contributed by atoms with Crippen molar-refractivity contribution in [3.05, 3.63) is 5.89 Å². The molecule has 1 aromatic heterocycles. The minimum absolute atomic E-state index is 0.0847. The second-order valence-electron chi connectivity index (χ2n) is 4.26. The van der Waals surface area contributed by atoms with Crippen molar-refractivity contribution in [2.45, 2.75) is 38.2 Å². The van der Waals surface area contributed by atoms with Gasteiger partial charge in [-0.2, -0.15) is 10.2 Å². The lowest BCUT2D eigenvalue weighted by molar-refractivity contribution is 0.167. The lowest BCUT2D eigenvalue weighted by Gasteiger charge is -2.24. The molecule has 6 heteroatoms. The molecule has 0 bridgehead atoms. The molecule has 17 heavy (non-hydrogen) atoms. The Labute approximate surface area is 99.8 Å². The van der Waals surface area contributed by atoms with Gasteiger partial charge < -0.3 is 14.5 Å². The summed E-state index contributed by atoms with van der Waals surface area (Å²) in [6.45, 7) is 1.92. The highest BCUT2D eigenvalue weighted by Crippen LogP contribution is 2.16. The Bertz CT molecular complexity index is 392. The number of nitriles is 1. The topological polar surface area (TPSA) is 86.2 Å². The van der Waals surface area contributed by atoms with Gasteiger partial charge in [-0.05, 0) is 24.4 Å². The molecule has 0 aromatic carbocycles. The number of hydrogen-bond donors (Lipinski definition) is 1. The second kappa shape index (κ2) is 5.64. The van der Waals surface area contributed by atoms with Gasteiger partial charge in [0.2, 0.25) is 5.89 Å². The molecule has 1 atom stereocenters.